The van der Waals surface area contributed by atoms with Crippen LogP contribution in [0.3, 0.4) is 0 Å². The number of para-hydroxylation sites is 2. The molecule has 0 radical (unpaired) electrons. The number of imidazole rings is 1. The Kier molecular flexibility index (Phi) is 7.67. The maximum absolute atomic E-state index is 12.4. The van der Waals surface area contributed by atoms with E-state index < -0.39 is 0 Å². The highest BCUT2D eigenvalue weighted by Crippen LogP contribution is 2.23. The van der Waals surface area contributed by atoms with Gasteiger partial charge in [-0.3, -0.25) is 9.59 Å². The fraction of sp³-hybridized carbons (Fsp3) is 0.609. The van der Waals surface area contributed by atoms with Crippen molar-refractivity contribution >= 4 is 22.8 Å². The molecule has 0 unspecified atom stereocenters. The van der Waals surface area contributed by atoms with Crippen LogP contribution in [0.5, 0.6) is 0 Å². The van der Waals surface area contributed by atoms with Crippen LogP contribution in [0.25, 0.3) is 11.0 Å². The summed E-state index contributed by atoms with van der Waals surface area (Å²) in [6.07, 6.45) is 7.18. The number of fused-ring (bicyclic) bond motifs is 1. The van der Waals surface area contributed by atoms with E-state index in [9.17, 15) is 9.59 Å². The number of nitrogens with one attached hydrogen (secondary N) is 2. The van der Waals surface area contributed by atoms with Crippen LogP contribution in [0.2, 0.25) is 0 Å². The van der Waals surface area contributed by atoms with E-state index >= 15 is 0 Å². The molecule has 0 aliphatic heterocycles. The van der Waals surface area contributed by atoms with Gasteiger partial charge in [-0.2, -0.15) is 0 Å². The zero-order chi connectivity index (χ0) is 20.6. The van der Waals surface area contributed by atoms with Crippen LogP contribution in [0.15, 0.2) is 24.3 Å². The van der Waals surface area contributed by atoms with E-state index in [0.29, 0.717) is 19.0 Å². The SMILES string of the molecule is CC(C)CNC(=O)Cn1c(CCCNC(=O)C2CCCCC2)nc2ccccc21. The Balaban J connectivity index is 1.58. The van der Waals surface area contributed by atoms with E-state index in [1.807, 2.05) is 28.8 Å². The fourth-order valence-electron chi connectivity index (χ4n) is 3.98. The summed E-state index contributed by atoms with van der Waals surface area (Å²) in [5.41, 5.74) is 1.89. The topological polar surface area (TPSA) is 76.0 Å². The van der Waals surface area contributed by atoms with Crippen molar-refractivity contribution in [2.75, 3.05) is 13.1 Å². The van der Waals surface area contributed by atoms with Gasteiger partial charge in [0.25, 0.3) is 0 Å². The highest BCUT2D eigenvalue weighted by atomic mass is 16.2. The number of amides is 2. The van der Waals surface area contributed by atoms with Crippen molar-refractivity contribution in [2.24, 2.45) is 11.8 Å². The molecule has 1 aromatic carbocycles. The van der Waals surface area contributed by atoms with Gasteiger partial charge in [0.15, 0.2) is 0 Å². The maximum atomic E-state index is 12.4. The van der Waals surface area contributed by atoms with E-state index in [1.165, 1.54) is 19.3 Å². The van der Waals surface area contributed by atoms with E-state index in [0.717, 1.165) is 42.5 Å². The molecule has 1 aromatic heterocycles. The Morgan fingerprint density at radius 1 is 1.14 bits per heavy atom. The number of benzene rings is 1. The second-order valence-electron chi connectivity index (χ2n) is 8.53. The van der Waals surface area contributed by atoms with Crippen molar-refractivity contribution < 1.29 is 9.59 Å². The Morgan fingerprint density at radius 3 is 2.66 bits per heavy atom. The van der Waals surface area contributed by atoms with Crippen LogP contribution in [0.4, 0.5) is 0 Å². The fourth-order valence-corrected chi connectivity index (χ4v) is 3.98. The standard InChI is InChI=1S/C23H34N4O2/c1-17(2)15-25-22(28)16-27-20-12-7-6-11-19(20)26-21(27)13-8-14-24-23(29)18-9-4-3-5-10-18/h6-7,11-12,17-18H,3-5,8-10,13-16H2,1-2H3,(H,24,29)(H,25,28). The zero-order valence-corrected chi connectivity index (χ0v) is 17.7. The Hall–Kier alpha value is -2.37. The molecule has 0 bridgehead atoms. The Bertz CT molecular complexity index is 821. The lowest BCUT2D eigenvalue weighted by molar-refractivity contribution is -0.126. The first kappa shape index (κ1) is 21.3. The van der Waals surface area contributed by atoms with E-state index in [2.05, 4.69) is 24.5 Å². The van der Waals surface area contributed by atoms with Crippen molar-refractivity contribution in [1.82, 2.24) is 20.2 Å². The summed E-state index contributed by atoms with van der Waals surface area (Å²) in [6, 6.07) is 7.92. The number of carbonyl (C=O) groups is 2. The van der Waals surface area contributed by atoms with Gasteiger partial charge >= 0.3 is 0 Å². The molecule has 0 spiro atoms. The number of nitrogens with zero attached hydrogens (tertiary/aromatic N) is 2. The number of aromatic nitrogens is 2. The van der Waals surface area contributed by atoms with Gasteiger partial charge in [-0.25, -0.2) is 4.98 Å². The van der Waals surface area contributed by atoms with Crippen LogP contribution >= 0.6 is 0 Å². The molecule has 6 heteroatoms. The van der Waals surface area contributed by atoms with Crippen LogP contribution in [0.1, 0.15) is 58.2 Å². The first-order valence-corrected chi connectivity index (χ1v) is 11.0. The highest BCUT2D eigenvalue weighted by molar-refractivity contribution is 5.81. The summed E-state index contributed by atoms with van der Waals surface area (Å²) >= 11 is 0. The zero-order valence-electron chi connectivity index (χ0n) is 17.7. The molecule has 2 amide bonds. The van der Waals surface area contributed by atoms with Crippen molar-refractivity contribution in [3.63, 3.8) is 0 Å². The largest absolute Gasteiger partial charge is 0.356 e. The predicted octanol–water partition coefficient (Wildman–Crippen LogP) is 3.44. The summed E-state index contributed by atoms with van der Waals surface area (Å²) in [5.74, 6) is 1.72. The molecule has 1 heterocycles. The van der Waals surface area contributed by atoms with Gasteiger partial charge < -0.3 is 15.2 Å². The molecule has 1 aliphatic carbocycles. The molecule has 2 aromatic rings. The number of hydrogen-bond acceptors (Lipinski definition) is 3. The Labute approximate surface area is 173 Å². The predicted molar refractivity (Wildman–Crippen MR) is 115 cm³/mol. The number of aryl methyl sites for hydroxylation is 1. The molecule has 29 heavy (non-hydrogen) atoms. The second-order valence-corrected chi connectivity index (χ2v) is 8.53. The maximum Gasteiger partial charge on any atom is 0.240 e. The van der Waals surface area contributed by atoms with E-state index in [1.54, 1.807) is 0 Å². The van der Waals surface area contributed by atoms with Gasteiger partial charge in [0, 0.05) is 25.4 Å². The summed E-state index contributed by atoms with van der Waals surface area (Å²) in [5, 5.41) is 6.08. The third-order valence-corrected chi connectivity index (χ3v) is 5.60. The van der Waals surface area contributed by atoms with Crippen LogP contribution < -0.4 is 10.6 Å². The average molecular weight is 399 g/mol. The van der Waals surface area contributed by atoms with Crippen LogP contribution in [-0.2, 0) is 22.6 Å². The van der Waals surface area contributed by atoms with Gasteiger partial charge in [-0.05, 0) is 37.3 Å². The molecule has 158 valence electrons. The average Bonchev–Trinajstić information content (AvgIpc) is 3.07. The van der Waals surface area contributed by atoms with Crippen molar-refractivity contribution in [1.29, 1.82) is 0 Å². The van der Waals surface area contributed by atoms with Crippen LogP contribution in [0, 0.1) is 11.8 Å². The molecular formula is C23H34N4O2. The summed E-state index contributed by atoms with van der Waals surface area (Å²) < 4.78 is 2.01. The molecule has 6 nitrogen and oxygen atoms in total. The molecule has 0 atom stereocenters. The molecular weight excluding hydrogens is 364 g/mol. The quantitative estimate of drug-likeness (QED) is 0.635. The molecule has 2 N–H and O–H groups in total. The monoisotopic (exact) mass is 398 g/mol. The van der Waals surface area contributed by atoms with E-state index in [-0.39, 0.29) is 24.3 Å². The number of carbonyl (C=O) groups excluding carboxylic acids is 2. The molecule has 3 rings (SSSR count). The smallest absolute Gasteiger partial charge is 0.240 e. The first-order valence-electron chi connectivity index (χ1n) is 11.0. The van der Waals surface area contributed by atoms with Crippen molar-refractivity contribution in [2.45, 2.75) is 65.3 Å². The minimum absolute atomic E-state index is 0.00806. The van der Waals surface area contributed by atoms with Crippen LogP contribution in [-0.4, -0.2) is 34.5 Å². The van der Waals surface area contributed by atoms with Crippen molar-refractivity contribution in [3.05, 3.63) is 30.1 Å². The normalized spacial score (nSPS) is 15.0. The minimum Gasteiger partial charge on any atom is -0.356 e. The number of rotatable bonds is 9. The first-order chi connectivity index (χ1) is 14.0. The van der Waals surface area contributed by atoms with Gasteiger partial charge in [-0.1, -0.05) is 45.2 Å². The van der Waals surface area contributed by atoms with Crippen molar-refractivity contribution in [3.8, 4) is 0 Å². The Morgan fingerprint density at radius 2 is 1.90 bits per heavy atom. The number of hydrogen-bond donors (Lipinski definition) is 2. The lowest BCUT2D eigenvalue weighted by Crippen LogP contribution is -2.33. The second kappa shape index (κ2) is 10.4. The van der Waals surface area contributed by atoms with Gasteiger partial charge in [0.1, 0.15) is 12.4 Å². The molecule has 1 aliphatic rings. The highest BCUT2D eigenvalue weighted by Gasteiger charge is 2.20. The minimum atomic E-state index is 0.00806. The third kappa shape index (κ3) is 6.05. The third-order valence-electron chi connectivity index (χ3n) is 5.60. The lowest BCUT2D eigenvalue weighted by atomic mass is 9.89. The van der Waals surface area contributed by atoms with Gasteiger partial charge in [-0.15, -0.1) is 0 Å². The van der Waals surface area contributed by atoms with E-state index in [4.69, 9.17) is 4.98 Å². The van der Waals surface area contributed by atoms with Gasteiger partial charge in [0.05, 0.1) is 11.0 Å². The summed E-state index contributed by atoms with van der Waals surface area (Å²) in [6.45, 7) is 5.77. The molecule has 0 saturated heterocycles. The summed E-state index contributed by atoms with van der Waals surface area (Å²) in [7, 11) is 0. The summed E-state index contributed by atoms with van der Waals surface area (Å²) in [4.78, 5) is 29.4. The van der Waals surface area contributed by atoms with Gasteiger partial charge in [0.2, 0.25) is 11.8 Å². The lowest BCUT2D eigenvalue weighted by Gasteiger charge is -2.20. The molecule has 1 fully saturated rings. The molecule has 1 saturated carbocycles.